The van der Waals surface area contributed by atoms with Crippen molar-refractivity contribution in [3.8, 4) is 0 Å². The second-order valence-corrected chi connectivity index (χ2v) is 6.62. The van der Waals surface area contributed by atoms with Gasteiger partial charge in [-0.1, -0.05) is 6.07 Å². The van der Waals surface area contributed by atoms with E-state index in [1.807, 2.05) is 0 Å². The summed E-state index contributed by atoms with van der Waals surface area (Å²) < 4.78 is 38.9. The van der Waals surface area contributed by atoms with E-state index in [0.29, 0.717) is 0 Å². The average Bonchev–Trinajstić information content (AvgIpc) is 2.26. The molecule has 1 amide bonds. The summed E-state index contributed by atoms with van der Waals surface area (Å²) in [5, 5.41) is 2.56. The quantitative estimate of drug-likeness (QED) is 0.777. The van der Waals surface area contributed by atoms with Crippen LogP contribution in [0.2, 0.25) is 0 Å². The number of nitrogens with two attached hydrogens (primary N) is 1. The highest BCUT2D eigenvalue weighted by Crippen LogP contribution is 2.24. The summed E-state index contributed by atoms with van der Waals surface area (Å²) in [6.07, 6.45) is 0. The highest BCUT2D eigenvalue weighted by molar-refractivity contribution is 7.89. The Bertz CT molecular complexity index is 582. The van der Waals surface area contributed by atoms with Crippen LogP contribution in [-0.4, -0.2) is 38.3 Å². The van der Waals surface area contributed by atoms with Crippen molar-refractivity contribution < 1.29 is 17.6 Å². The number of carbonyl (C=O) groups is 1. The maximum atomic E-state index is 13.7. The van der Waals surface area contributed by atoms with Gasteiger partial charge >= 0.3 is 0 Å². The van der Waals surface area contributed by atoms with Crippen LogP contribution in [0.15, 0.2) is 23.1 Å². The lowest BCUT2D eigenvalue weighted by Crippen LogP contribution is -2.41. The maximum Gasteiger partial charge on any atom is 0.248 e. The van der Waals surface area contributed by atoms with Gasteiger partial charge in [-0.05, 0) is 26.0 Å². The van der Waals surface area contributed by atoms with Crippen LogP contribution >= 0.6 is 0 Å². The number of likely N-dealkylation sites (N-methyl/N-ethyl adjacent to an activating group) is 1. The molecule has 112 valence electrons. The third kappa shape index (κ3) is 3.67. The predicted molar refractivity (Wildman–Crippen MR) is 73.9 cm³/mol. The van der Waals surface area contributed by atoms with Crippen molar-refractivity contribution in [2.24, 2.45) is 0 Å². The van der Waals surface area contributed by atoms with Crippen LogP contribution in [0.4, 0.5) is 10.1 Å². The Kier molecular flexibility index (Phi) is 5.07. The number of nitrogens with one attached hydrogen (secondary N) is 1. The van der Waals surface area contributed by atoms with Crippen molar-refractivity contribution in [2.75, 3.05) is 19.3 Å². The number of nitrogens with zero attached hydrogens (tertiary/aromatic N) is 1. The Morgan fingerprint density at radius 2 is 2.05 bits per heavy atom. The Morgan fingerprint density at radius 3 is 2.55 bits per heavy atom. The standard InChI is InChI=1S/C12H18FN3O3S/c1-8(2)15-11(17)7-16(3)20(18,19)12-9(13)5-4-6-10(12)14/h4-6,8H,7,14H2,1-3H3,(H,15,17). The topological polar surface area (TPSA) is 92.5 Å². The first-order valence-electron chi connectivity index (χ1n) is 5.96. The molecule has 0 atom stereocenters. The molecule has 20 heavy (non-hydrogen) atoms. The van der Waals surface area contributed by atoms with Gasteiger partial charge in [-0.25, -0.2) is 12.8 Å². The SMILES string of the molecule is CC(C)NC(=O)CN(C)S(=O)(=O)c1c(N)cccc1F. The average molecular weight is 303 g/mol. The molecule has 8 heteroatoms. The highest BCUT2D eigenvalue weighted by atomic mass is 32.2. The highest BCUT2D eigenvalue weighted by Gasteiger charge is 2.28. The number of hydrogen-bond acceptors (Lipinski definition) is 4. The van der Waals surface area contributed by atoms with Crippen molar-refractivity contribution in [2.45, 2.75) is 24.8 Å². The molecule has 0 radical (unpaired) electrons. The van der Waals surface area contributed by atoms with Crippen molar-refractivity contribution in [3.63, 3.8) is 0 Å². The van der Waals surface area contributed by atoms with Crippen LogP contribution in [0.1, 0.15) is 13.8 Å². The second-order valence-electron chi connectivity index (χ2n) is 4.64. The molecule has 0 aliphatic carbocycles. The van der Waals surface area contributed by atoms with Gasteiger partial charge in [0.1, 0.15) is 10.7 Å². The number of benzene rings is 1. The molecule has 1 aromatic carbocycles. The van der Waals surface area contributed by atoms with Crippen LogP contribution < -0.4 is 11.1 Å². The predicted octanol–water partition coefficient (Wildman–Crippen LogP) is 0.553. The first kappa shape index (κ1) is 16.4. The fourth-order valence-electron chi connectivity index (χ4n) is 1.61. The van der Waals surface area contributed by atoms with Crippen molar-refractivity contribution >= 4 is 21.6 Å². The van der Waals surface area contributed by atoms with Gasteiger partial charge in [-0.3, -0.25) is 4.79 Å². The molecule has 0 saturated carbocycles. The molecule has 0 fully saturated rings. The smallest absolute Gasteiger partial charge is 0.248 e. The zero-order chi connectivity index (χ0) is 15.5. The molecular weight excluding hydrogens is 285 g/mol. The van der Waals surface area contributed by atoms with Crippen LogP contribution in [0.5, 0.6) is 0 Å². The molecule has 0 aliphatic heterocycles. The van der Waals surface area contributed by atoms with Crippen LogP contribution in [0.25, 0.3) is 0 Å². The number of halogens is 1. The fraction of sp³-hybridized carbons (Fsp3) is 0.417. The van der Waals surface area contributed by atoms with E-state index in [1.165, 1.54) is 19.2 Å². The largest absolute Gasteiger partial charge is 0.398 e. The summed E-state index contributed by atoms with van der Waals surface area (Å²) >= 11 is 0. The Hall–Kier alpha value is -1.67. The molecule has 6 nitrogen and oxygen atoms in total. The van der Waals surface area contributed by atoms with Crippen LogP contribution in [0.3, 0.4) is 0 Å². The van der Waals surface area contributed by atoms with Crippen LogP contribution in [0, 0.1) is 5.82 Å². The van der Waals surface area contributed by atoms with Crippen molar-refractivity contribution in [1.82, 2.24) is 9.62 Å². The molecule has 1 aromatic rings. The first-order chi connectivity index (χ1) is 9.16. The summed E-state index contributed by atoms with van der Waals surface area (Å²) in [5.41, 5.74) is 5.32. The minimum Gasteiger partial charge on any atom is -0.398 e. The number of hydrogen-bond donors (Lipinski definition) is 2. The zero-order valence-corrected chi connectivity index (χ0v) is 12.4. The molecule has 3 N–H and O–H groups in total. The molecule has 0 bridgehead atoms. The van der Waals surface area contributed by atoms with Gasteiger partial charge in [0, 0.05) is 13.1 Å². The van der Waals surface area contributed by atoms with E-state index in [-0.39, 0.29) is 11.7 Å². The minimum atomic E-state index is -4.16. The number of carbonyl (C=O) groups excluding carboxylic acids is 1. The summed E-state index contributed by atoms with van der Waals surface area (Å²) in [5.74, 6) is -1.41. The van der Waals surface area contributed by atoms with E-state index in [1.54, 1.807) is 13.8 Å². The van der Waals surface area contributed by atoms with E-state index in [9.17, 15) is 17.6 Å². The van der Waals surface area contributed by atoms with E-state index in [4.69, 9.17) is 5.73 Å². The maximum absolute atomic E-state index is 13.7. The molecule has 0 spiro atoms. The first-order valence-corrected chi connectivity index (χ1v) is 7.40. The lowest BCUT2D eigenvalue weighted by molar-refractivity contribution is -0.121. The molecule has 0 aromatic heterocycles. The van der Waals surface area contributed by atoms with E-state index in [0.717, 1.165) is 10.4 Å². The normalized spacial score (nSPS) is 11.9. The molecule has 0 unspecified atom stereocenters. The summed E-state index contributed by atoms with van der Waals surface area (Å²) in [6, 6.07) is 3.50. The van der Waals surface area contributed by atoms with E-state index in [2.05, 4.69) is 5.32 Å². The summed E-state index contributed by atoms with van der Waals surface area (Å²) in [4.78, 5) is 11.0. The third-order valence-corrected chi connectivity index (χ3v) is 4.38. The van der Waals surface area contributed by atoms with Gasteiger partial charge in [0.05, 0.1) is 12.2 Å². The minimum absolute atomic E-state index is 0.114. The second kappa shape index (κ2) is 6.19. The van der Waals surface area contributed by atoms with Gasteiger partial charge in [0.25, 0.3) is 0 Å². The molecule has 1 rings (SSSR count). The third-order valence-electron chi connectivity index (χ3n) is 2.48. The molecular formula is C12H18FN3O3S. The van der Waals surface area contributed by atoms with Gasteiger partial charge < -0.3 is 11.1 Å². The monoisotopic (exact) mass is 303 g/mol. The molecule has 0 heterocycles. The number of rotatable bonds is 5. The Morgan fingerprint density at radius 1 is 1.45 bits per heavy atom. The number of anilines is 1. The number of sulfonamides is 1. The molecule has 0 aliphatic rings. The summed E-state index contributed by atoms with van der Waals surface area (Å²) in [6.45, 7) is 3.09. The van der Waals surface area contributed by atoms with Crippen LogP contribution in [-0.2, 0) is 14.8 Å². The van der Waals surface area contributed by atoms with Gasteiger partial charge in [-0.15, -0.1) is 0 Å². The van der Waals surface area contributed by atoms with Crippen molar-refractivity contribution in [3.05, 3.63) is 24.0 Å². The zero-order valence-electron chi connectivity index (χ0n) is 11.6. The number of nitrogen functional groups attached to an aromatic ring is 1. The Balaban J connectivity index is 3.02. The summed E-state index contributed by atoms with van der Waals surface area (Å²) in [7, 11) is -2.96. The fourth-order valence-corrected chi connectivity index (χ4v) is 2.89. The lowest BCUT2D eigenvalue weighted by atomic mass is 10.3. The Labute approximate surface area is 117 Å². The van der Waals surface area contributed by atoms with E-state index < -0.39 is 33.2 Å². The number of amides is 1. The molecule has 0 saturated heterocycles. The van der Waals surface area contributed by atoms with Gasteiger partial charge in [0.15, 0.2) is 0 Å². The van der Waals surface area contributed by atoms with Gasteiger partial charge in [0.2, 0.25) is 15.9 Å². The van der Waals surface area contributed by atoms with E-state index >= 15 is 0 Å². The lowest BCUT2D eigenvalue weighted by Gasteiger charge is -2.19. The van der Waals surface area contributed by atoms with Gasteiger partial charge in [-0.2, -0.15) is 4.31 Å². The van der Waals surface area contributed by atoms with Crippen molar-refractivity contribution in [1.29, 1.82) is 0 Å².